The molecule has 1 N–H and O–H groups in total. The van der Waals surface area contributed by atoms with Gasteiger partial charge in [-0.05, 0) is 32.1 Å². The van der Waals surface area contributed by atoms with Crippen LogP contribution in [0, 0.1) is 11.5 Å². The van der Waals surface area contributed by atoms with E-state index in [2.05, 4.69) is 15.2 Å². The lowest BCUT2D eigenvalue weighted by Crippen LogP contribution is -2.29. The van der Waals surface area contributed by atoms with Gasteiger partial charge in [0.15, 0.2) is 11.4 Å². The second kappa shape index (κ2) is 4.86. The maximum Gasteiger partial charge on any atom is 0.183 e. The Labute approximate surface area is 94.7 Å². The fourth-order valence-electron chi connectivity index (χ4n) is 2.54. The SMILES string of the molecule is CSC(=NC1CCN2CCCC12)NC#N. The van der Waals surface area contributed by atoms with Gasteiger partial charge in [0.05, 0.1) is 6.04 Å². The van der Waals surface area contributed by atoms with Crippen molar-refractivity contribution in [1.29, 1.82) is 5.26 Å². The van der Waals surface area contributed by atoms with Crippen LogP contribution in [0.25, 0.3) is 0 Å². The van der Waals surface area contributed by atoms with Crippen LogP contribution in [0.3, 0.4) is 0 Å². The molecule has 5 heteroatoms. The molecule has 15 heavy (non-hydrogen) atoms. The van der Waals surface area contributed by atoms with Crippen molar-refractivity contribution in [1.82, 2.24) is 10.2 Å². The molecule has 4 nitrogen and oxygen atoms in total. The first-order chi connectivity index (χ1) is 7.35. The molecule has 2 saturated heterocycles. The molecule has 2 heterocycles. The minimum absolute atomic E-state index is 0.399. The van der Waals surface area contributed by atoms with Gasteiger partial charge in [0, 0.05) is 12.6 Å². The zero-order valence-corrected chi connectivity index (χ0v) is 9.76. The molecular weight excluding hydrogens is 208 g/mol. The summed E-state index contributed by atoms with van der Waals surface area (Å²) in [4.78, 5) is 7.16. The Morgan fingerprint density at radius 1 is 1.53 bits per heavy atom. The third-order valence-electron chi connectivity index (χ3n) is 3.21. The molecule has 2 aliphatic rings. The third-order valence-corrected chi connectivity index (χ3v) is 3.80. The molecule has 2 aliphatic heterocycles. The number of thioether (sulfide) groups is 1. The summed E-state index contributed by atoms with van der Waals surface area (Å²) < 4.78 is 0. The first-order valence-electron chi connectivity index (χ1n) is 5.36. The first kappa shape index (κ1) is 10.8. The van der Waals surface area contributed by atoms with E-state index >= 15 is 0 Å². The van der Waals surface area contributed by atoms with Crippen LogP contribution in [0.15, 0.2) is 4.99 Å². The second-order valence-electron chi connectivity index (χ2n) is 3.98. The Morgan fingerprint density at radius 2 is 2.40 bits per heavy atom. The van der Waals surface area contributed by atoms with Crippen LogP contribution < -0.4 is 5.32 Å². The van der Waals surface area contributed by atoms with E-state index in [-0.39, 0.29) is 0 Å². The molecule has 0 aromatic carbocycles. The summed E-state index contributed by atoms with van der Waals surface area (Å²) >= 11 is 1.51. The van der Waals surface area contributed by atoms with E-state index in [0.717, 1.165) is 11.6 Å². The molecule has 0 radical (unpaired) electrons. The highest BCUT2D eigenvalue weighted by atomic mass is 32.2. The number of rotatable bonds is 1. The Balaban J connectivity index is 2.02. The molecule has 0 saturated carbocycles. The van der Waals surface area contributed by atoms with Crippen LogP contribution in [0.4, 0.5) is 0 Å². The highest BCUT2D eigenvalue weighted by Crippen LogP contribution is 2.30. The van der Waals surface area contributed by atoms with Crippen molar-refractivity contribution in [2.24, 2.45) is 4.99 Å². The number of nitrogens with one attached hydrogen (secondary N) is 1. The largest absolute Gasteiger partial charge is 0.298 e. The Hall–Kier alpha value is -0.730. The highest BCUT2D eigenvalue weighted by molar-refractivity contribution is 8.13. The summed E-state index contributed by atoms with van der Waals surface area (Å²) in [5.41, 5.74) is 0. The number of hydrogen-bond donors (Lipinski definition) is 1. The quantitative estimate of drug-likeness (QED) is 0.313. The van der Waals surface area contributed by atoms with Crippen molar-refractivity contribution < 1.29 is 0 Å². The molecule has 2 fully saturated rings. The minimum atomic E-state index is 0.399. The van der Waals surface area contributed by atoms with Crippen LogP contribution >= 0.6 is 11.8 Å². The fraction of sp³-hybridized carbons (Fsp3) is 0.800. The molecule has 82 valence electrons. The summed E-state index contributed by atoms with van der Waals surface area (Å²) in [5, 5.41) is 12.0. The smallest absolute Gasteiger partial charge is 0.183 e. The van der Waals surface area contributed by atoms with Gasteiger partial charge in [-0.15, -0.1) is 0 Å². The van der Waals surface area contributed by atoms with Gasteiger partial charge < -0.3 is 0 Å². The van der Waals surface area contributed by atoms with Gasteiger partial charge in [-0.25, -0.2) is 0 Å². The predicted molar refractivity (Wildman–Crippen MR) is 62.7 cm³/mol. The molecule has 0 amide bonds. The fourth-order valence-corrected chi connectivity index (χ4v) is 2.93. The van der Waals surface area contributed by atoms with Crippen molar-refractivity contribution >= 4 is 16.9 Å². The topological polar surface area (TPSA) is 51.4 Å². The van der Waals surface area contributed by atoms with Gasteiger partial charge in [-0.1, -0.05) is 11.8 Å². The molecule has 0 aromatic heterocycles. The number of fused-ring (bicyclic) bond motifs is 1. The van der Waals surface area contributed by atoms with Crippen molar-refractivity contribution in [3.8, 4) is 6.19 Å². The Morgan fingerprint density at radius 3 is 3.13 bits per heavy atom. The molecular formula is C10H16N4S. The van der Waals surface area contributed by atoms with Crippen LogP contribution in [0.5, 0.6) is 0 Å². The third kappa shape index (κ3) is 2.27. The van der Waals surface area contributed by atoms with Crippen molar-refractivity contribution in [3.63, 3.8) is 0 Å². The normalized spacial score (nSPS) is 31.3. The van der Waals surface area contributed by atoms with E-state index in [1.165, 1.54) is 37.7 Å². The van der Waals surface area contributed by atoms with E-state index < -0.39 is 0 Å². The van der Waals surface area contributed by atoms with Gasteiger partial charge in [-0.2, -0.15) is 5.26 Å². The molecule has 0 bridgehead atoms. The van der Waals surface area contributed by atoms with E-state index in [9.17, 15) is 0 Å². The van der Waals surface area contributed by atoms with Crippen LogP contribution in [-0.4, -0.2) is 41.5 Å². The molecule has 0 aromatic rings. The standard InChI is InChI=1S/C10H16N4S/c1-15-10(12-7-11)13-8-4-6-14-5-2-3-9(8)14/h8-9H,2-6H2,1H3,(H,12,13). The van der Waals surface area contributed by atoms with E-state index in [0.29, 0.717) is 12.1 Å². The number of nitriles is 1. The summed E-state index contributed by atoms with van der Waals surface area (Å²) in [6.45, 7) is 2.41. The zero-order valence-electron chi connectivity index (χ0n) is 8.94. The lowest BCUT2D eigenvalue weighted by Gasteiger charge is -2.17. The maximum absolute atomic E-state index is 8.56. The number of nitrogens with zero attached hydrogens (tertiary/aromatic N) is 3. The summed E-state index contributed by atoms with van der Waals surface area (Å²) in [5.74, 6) is 0. The van der Waals surface area contributed by atoms with Gasteiger partial charge in [-0.3, -0.25) is 15.2 Å². The summed E-state index contributed by atoms with van der Waals surface area (Å²) in [6, 6.07) is 1.03. The highest BCUT2D eigenvalue weighted by Gasteiger charge is 2.37. The summed E-state index contributed by atoms with van der Waals surface area (Å²) in [6.07, 6.45) is 7.60. The molecule has 2 atom stereocenters. The minimum Gasteiger partial charge on any atom is -0.298 e. The lowest BCUT2D eigenvalue weighted by molar-refractivity contribution is 0.314. The molecule has 2 unspecified atom stereocenters. The number of hydrogen-bond acceptors (Lipinski definition) is 4. The zero-order chi connectivity index (χ0) is 10.7. The van der Waals surface area contributed by atoms with Gasteiger partial charge in [0.25, 0.3) is 0 Å². The monoisotopic (exact) mass is 224 g/mol. The van der Waals surface area contributed by atoms with Gasteiger partial charge in [0.1, 0.15) is 0 Å². The predicted octanol–water partition coefficient (Wildman–Crippen LogP) is 1.01. The summed E-state index contributed by atoms with van der Waals surface area (Å²) in [7, 11) is 0. The average molecular weight is 224 g/mol. The number of amidine groups is 1. The first-order valence-corrected chi connectivity index (χ1v) is 6.58. The Kier molecular flexibility index (Phi) is 3.49. The number of aliphatic imine (C=N–C) groups is 1. The molecule has 0 aliphatic carbocycles. The molecule has 0 spiro atoms. The van der Waals surface area contributed by atoms with Gasteiger partial charge >= 0.3 is 0 Å². The van der Waals surface area contributed by atoms with Crippen LogP contribution in [0.1, 0.15) is 19.3 Å². The van der Waals surface area contributed by atoms with E-state index in [1.54, 1.807) is 0 Å². The second-order valence-corrected chi connectivity index (χ2v) is 4.77. The average Bonchev–Trinajstić information content (AvgIpc) is 2.81. The maximum atomic E-state index is 8.56. The van der Waals surface area contributed by atoms with Gasteiger partial charge in [0.2, 0.25) is 0 Å². The van der Waals surface area contributed by atoms with Crippen LogP contribution in [-0.2, 0) is 0 Å². The van der Waals surface area contributed by atoms with Crippen LogP contribution in [0.2, 0.25) is 0 Å². The lowest BCUT2D eigenvalue weighted by atomic mass is 10.1. The van der Waals surface area contributed by atoms with Crippen molar-refractivity contribution in [2.45, 2.75) is 31.3 Å². The Bertz CT molecular complexity index is 296. The van der Waals surface area contributed by atoms with E-state index in [4.69, 9.17) is 5.26 Å². The molecule has 2 rings (SSSR count). The van der Waals surface area contributed by atoms with Crippen molar-refractivity contribution in [2.75, 3.05) is 19.3 Å². The van der Waals surface area contributed by atoms with E-state index in [1.807, 2.05) is 12.4 Å². The van der Waals surface area contributed by atoms with Crippen molar-refractivity contribution in [3.05, 3.63) is 0 Å².